The lowest BCUT2D eigenvalue weighted by Crippen LogP contribution is -2.36. The molecule has 1 aliphatic carbocycles. The molecule has 0 radical (unpaired) electrons. The van der Waals surface area contributed by atoms with Gasteiger partial charge in [-0.05, 0) is 28.8 Å². The van der Waals surface area contributed by atoms with Gasteiger partial charge in [-0.25, -0.2) is 4.98 Å². The third kappa shape index (κ3) is 3.81. The second-order valence-corrected chi connectivity index (χ2v) is 5.74. The van der Waals surface area contributed by atoms with Crippen LogP contribution in [0.25, 0.3) is 0 Å². The molecule has 1 aromatic rings. The molecule has 1 aromatic heterocycles. The molecule has 0 aromatic carbocycles. The normalized spacial score (nSPS) is 19.2. The van der Waals surface area contributed by atoms with Crippen molar-refractivity contribution >= 4 is 27.7 Å². The molecule has 1 aliphatic rings. The summed E-state index contributed by atoms with van der Waals surface area (Å²) in [5.74, 6) is 0.867. The van der Waals surface area contributed by atoms with Crippen LogP contribution in [0.1, 0.15) is 38.5 Å². The van der Waals surface area contributed by atoms with Crippen molar-refractivity contribution in [1.82, 2.24) is 9.97 Å². The van der Waals surface area contributed by atoms with E-state index in [1.54, 1.807) is 6.07 Å². The van der Waals surface area contributed by atoms with Crippen molar-refractivity contribution in [2.45, 2.75) is 44.1 Å². The summed E-state index contributed by atoms with van der Waals surface area (Å²) in [6.45, 7) is 0.475. The Labute approximate surface area is 115 Å². The fraction of sp³-hybridized carbons (Fsp3) is 0.667. The maximum Gasteiger partial charge on any atom is 0.225 e. The van der Waals surface area contributed by atoms with Crippen LogP contribution in [-0.4, -0.2) is 27.2 Å². The van der Waals surface area contributed by atoms with Crippen molar-refractivity contribution in [3.05, 3.63) is 10.7 Å². The molecule has 2 rings (SSSR count). The quantitative estimate of drug-likeness (QED) is 0.589. The zero-order chi connectivity index (χ0) is 13.0. The van der Waals surface area contributed by atoms with E-state index in [-0.39, 0.29) is 0 Å². The standard InChI is InChI=1S/C12H19BrN4O/c13-9-7-10(14)17-11(16-9)15-8-12(18)5-3-1-2-4-6-12/h7,18H,1-6,8H2,(H3,14,15,16,17). The SMILES string of the molecule is Nc1cc(Br)nc(NCC2(O)CCCCCC2)n1. The van der Waals surface area contributed by atoms with Gasteiger partial charge in [0.05, 0.1) is 5.60 Å². The van der Waals surface area contributed by atoms with Crippen LogP contribution in [0.2, 0.25) is 0 Å². The van der Waals surface area contributed by atoms with Gasteiger partial charge in [-0.2, -0.15) is 4.98 Å². The smallest absolute Gasteiger partial charge is 0.225 e. The monoisotopic (exact) mass is 314 g/mol. The van der Waals surface area contributed by atoms with E-state index in [2.05, 4.69) is 31.2 Å². The first-order valence-electron chi connectivity index (χ1n) is 6.34. The van der Waals surface area contributed by atoms with Crippen molar-refractivity contribution in [1.29, 1.82) is 0 Å². The molecular weight excluding hydrogens is 296 g/mol. The van der Waals surface area contributed by atoms with E-state index in [4.69, 9.17) is 5.73 Å². The topological polar surface area (TPSA) is 84.1 Å². The highest BCUT2D eigenvalue weighted by Gasteiger charge is 2.27. The highest BCUT2D eigenvalue weighted by molar-refractivity contribution is 9.10. The van der Waals surface area contributed by atoms with Crippen molar-refractivity contribution in [3.8, 4) is 0 Å². The van der Waals surface area contributed by atoms with E-state index in [1.807, 2.05) is 0 Å². The second kappa shape index (κ2) is 5.84. The Morgan fingerprint density at radius 3 is 2.56 bits per heavy atom. The lowest BCUT2D eigenvalue weighted by Gasteiger charge is -2.26. The molecule has 0 amide bonds. The van der Waals surface area contributed by atoms with Crippen LogP contribution >= 0.6 is 15.9 Å². The summed E-state index contributed by atoms with van der Waals surface area (Å²) in [6, 6.07) is 1.64. The first-order valence-corrected chi connectivity index (χ1v) is 7.13. The van der Waals surface area contributed by atoms with Crippen LogP contribution in [-0.2, 0) is 0 Å². The molecule has 1 fully saturated rings. The number of hydrogen-bond donors (Lipinski definition) is 3. The van der Waals surface area contributed by atoms with Gasteiger partial charge in [0, 0.05) is 12.6 Å². The molecule has 0 unspecified atom stereocenters. The number of halogens is 1. The minimum absolute atomic E-state index is 0.409. The minimum Gasteiger partial charge on any atom is -0.388 e. The first kappa shape index (κ1) is 13.5. The Bertz CT molecular complexity index is 385. The molecule has 18 heavy (non-hydrogen) atoms. The van der Waals surface area contributed by atoms with Crippen LogP contribution in [0.4, 0.5) is 11.8 Å². The van der Waals surface area contributed by atoms with E-state index in [9.17, 15) is 5.11 Å². The van der Waals surface area contributed by atoms with Crippen LogP contribution in [0, 0.1) is 0 Å². The molecular formula is C12H19BrN4O. The van der Waals surface area contributed by atoms with Gasteiger partial charge in [-0.3, -0.25) is 0 Å². The van der Waals surface area contributed by atoms with Gasteiger partial charge in [-0.15, -0.1) is 0 Å². The van der Waals surface area contributed by atoms with Crippen molar-refractivity contribution < 1.29 is 5.11 Å². The van der Waals surface area contributed by atoms with Gasteiger partial charge in [0.15, 0.2) is 0 Å². The summed E-state index contributed by atoms with van der Waals surface area (Å²) in [7, 11) is 0. The third-order valence-corrected chi connectivity index (χ3v) is 3.73. The van der Waals surface area contributed by atoms with Crippen molar-refractivity contribution in [3.63, 3.8) is 0 Å². The first-order chi connectivity index (χ1) is 8.57. The third-order valence-electron chi connectivity index (χ3n) is 3.32. The van der Waals surface area contributed by atoms with Crippen LogP contribution in [0.5, 0.6) is 0 Å². The van der Waals surface area contributed by atoms with E-state index >= 15 is 0 Å². The van der Waals surface area contributed by atoms with Crippen LogP contribution < -0.4 is 11.1 Å². The summed E-state index contributed by atoms with van der Waals surface area (Å²) in [6.07, 6.45) is 6.26. The Hall–Kier alpha value is -0.880. The second-order valence-electron chi connectivity index (χ2n) is 4.93. The predicted octanol–water partition coefficient (Wildman–Crippen LogP) is 2.32. The summed E-state index contributed by atoms with van der Waals surface area (Å²) in [5.41, 5.74) is 5.00. The maximum atomic E-state index is 10.5. The summed E-state index contributed by atoms with van der Waals surface area (Å²) >= 11 is 3.27. The Kier molecular flexibility index (Phi) is 4.40. The highest BCUT2D eigenvalue weighted by Crippen LogP contribution is 2.27. The van der Waals surface area contributed by atoms with Gasteiger partial charge in [0.1, 0.15) is 10.4 Å². The zero-order valence-electron chi connectivity index (χ0n) is 10.3. The van der Waals surface area contributed by atoms with Gasteiger partial charge in [-0.1, -0.05) is 25.7 Å². The number of aliphatic hydroxyl groups is 1. The number of hydrogen-bond acceptors (Lipinski definition) is 5. The van der Waals surface area contributed by atoms with Crippen LogP contribution in [0.15, 0.2) is 10.7 Å². The lowest BCUT2D eigenvalue weighted by molar-refractivity contribution is 0.0379. The maximum absolute atomic E-state index is 10.5. The molecule has 0 saturated heterocycles. The molecule has 1 saturated carbocycles. The molecule has 0 spiro atoms. The molecule has 6 heteroatoms. The van der Waals surface area contributed by atoms with E-state index < -0.39 is 5.60 Å². The summed E-state index contributed by atoms with van der Waals surface area (Å²) in [4.78, 5) is 8.26. The van der Waals surface area contributed by atoms with Gasteiger partial charge in [0.2, 0.25) is 5.95 Å². The molecule has 0 atom stereocenters. The van der Waals surface area contributed by atoms with Crippen LogP contribution in [0.3, 0.4) is 0 Å². The number of nitrogens with two attached hydrogens (primary N) is 1. The molecule has 4 N–H and O–H groups in total. The van der Waals surface area contributed by atoms with E-state index in [1.165, 1.54) is 12.8 Å². The zero-order valence-corrected chi connectivity index (χ0v) is 11.9. The number of anilines is 2. The van der Waals surface area contributed by atoms with Gasteiger partial charge in [0.25, 0.3) is 0 Å². The average molecular weight is 315 g/mol. The number of nitrogen functional groups attached to an aromatic ring is 1. The van der Waals surface area contributed by atoms with Crippen molar-refractivity contribution in [2.24, 2.45) is 0 Å². The van der Waals surface area contributed by atoms with Crippen molar-refractivity contribution in [2.75, 3.05) is 17.6 Å². The fourth-order valence-electron chi connectivity index (χ4n) is 2.32. The average Bonchev–Trinajstić information content (AvgIpc) is 2.51. The lowest BCUT2D eigenvalue weighted by atomic mass is 9.95. The van der Waals surface area contributed by atoms with Gasteiger partial charge < -0.3 is 16.2 Å². The number of aromatic nitrogens is 2. The Balaban J connectivity index is 1.97. The largest absolute Gasteiger partial charge is 0.388 e. The summed E-state index contributed by atoms with van der Waals surface area (Å²) < 4.78 is 0.644. The predicted molar refractivity (Wildman–Crippen MR) is 75.3 cm³/mol. The molecule has 5 nitrogen and oxygen atoms in total. The Morgan fingerprint density at radius 2 is 1.94 bits per heavy atom. The molecule has 100 valence electrons. The number of rotatable bonds is 3. The van der Waals surface area contributed by atoms with E-state index in [0.29, 0.717) is 22.9 Å². The highest BCUT2D eigenvalue weighted by atomic mass is 79.9. The molecule has 0 bridgehead atoms. The fourth-order valence-corrected chi connectivity index (χ4v) is 2.72. The van der Waals surface area contributed by atoms with Gasteiger partial charge >= 0.3 is 0 Å². The molecule has 1 heterocycles. The molecule has 0 aliphatic heterocycles. The van der Waals surface area contributed by atoms with E-state index in [0.717, 1.165) is 25.7 Å². The minimum atomic E-state index is -0.642. The summed E-state index contributed by atoms with van der Waals surface area (Å²) in [5, 5.41) is 13.6. The number of nitrogens with zero attached hydrogens (tertiary/aromatic N) is 2. The Morgan fingerprint density at radius 1 is 1.28 bits per heavy atom. The number of nitrogens with one attached hydrogen (secondary N) is 1.